The Balaban J connectivity index is 2.49. The third-order valence-corrected chi connectivity index (χ3v) is 4.14. The lowest BCUT2D eigenvalue weighted by Gasteiger charge is -2.16. The summed E-state index contributed by atoms with van der Waals surface area (Å²) in [6, 6.07) is 2.74. The van der Waals surface area contributed by atoms with Gasteiger partial charge in [-0.15, -0.1) is 0 Å². The lowest BCUT2D eigenvalue weighted by Crippen LogP contribution is -2.29. The summed E-state index contributed by atoms with van der Waals surface area (Å²) < 4.78 is 27.6. The van der Waals surface area contributed by atoms with Gasteiger partial charge in [0.2, 0.25) is 0 Å². The minimum absolute atomic E-state index is 0.187. The Morgan fingerprint density at radius 3 is 2.59 bits per heavy atom. The van der Waals surface area contributed by atoms with E-state index in [9.17, 15) is 8.78 Å². The van der Waals surface area contributed by atoms with Crippen molar-refractivity contribution < 1.29 is 8.78 Å². The maximum Gasteiger partial charge on any atom is 0.128 e. The second-order valence-corrected chi connectivity index (χ2v) is 5.04. The summed E-state index contributed by atoms with van der Waals surface area (Å²) in [4.78, 5) is 0. The van der Waals surface area contributed by atoms with Crippen LogP contribution in [0.5, 0.6) is 0 Å². The number of benzene rings is 1. The summed E-state index contributed by atoms with van der Waals surface area (Å²) in [5.41, 5.74) is 3.47. The van der Waals surface area contributed by atoms with Gasteiger partial charge in [0.15, 0.2) is 0 Å². The molecule has 2 rings (SSSR count). The average molecular weight is 319 g/mol. The van der Waals surface area contributed by atoms with Gasteiger partial charge in [0.25, 0.3) is 0 Å². The topological polar surface area (TPSA) is 38.0 Å². The van der Waals surface area contributed by atoms with Crippen molar-refractivity contribution in [2.75, 3.05) is 0 Å². The maximum absolute atomic E-state index is 13.7. The molecule has 0 aliphatic carbocycles. The van der Waals surface area contributed by atoms with Crippen molar-refractivity contribution in [3.8, 4) is 0 Å². The first-order valence-corrected chi connectivity index (χ1v) is 6.49. The molecule has 2 aromatic rings. The molecular formula is C11H9BrF2N2S. The fourth-order valence-corrected chi connectivity index (χ4v) is 3.13. The molecule has 0 aliphatic heterocycles. The molecule has 1 unspecified atom stereocenters. The predicted octanol–water partition coefficient (Wildman–Crippen LogP) is 3.34. The smallest absolute Gasteiger partial charge is 0.128 e. The van der Waals surface area contributed by atoms with Crippen molar-refractivity contribution in [1.82, 2.24) is 5.43 Å². The third kappa shape index (κ3) is 2.55. The third-order valence-electron chi connectivity index (χ3n) is 2.39. The van der Waals surface area contributed by atoms with Crippen LogP contribution in [0.3, 0.4) is 0 Å². The number of hydrogen-bond donors (Lipinski definition) is 2. The molecule has 1 heterocycles. The van der Waals surface area contributed by atoms with E-state index in [0.29, 0.717) is 0 Å². The molecule has 2 nitrogen and oxygen atoms in total. The number of halogens is 3. The van der Waals surface area contributed by atoms with Crippen molar-refractivity contribution >= 4 is 27.3 Å². The van der Waals surface area contributed by atoms with Gasteiger partial charge in [-0.1, -0.05) is 0 Å². The van der Waals surface area contributed by atoms with E-state index in [1.165, 1.54) is 11.3 Å². The van der Waals surface area contributed by atoms with Crippen LogP contribution in [0.25, 0.3) is 0 Å². The molecule has 1 aromatic carbocycles. The van der Waals surface area contributed by atoms with Gasteiger partial charge in [-0.05, 0) is 45.1 Å². The first kappa shape index (κ1) is 12.6. The van der Waals surface area contributed by atoms with E-state index in [0.717, 1.165) is 28.2 Å². The van der Waals surface area contributed by atoms with Crippen LogP contribution in [0.4, 0.5) is 8.78 Å². The second kappa shape index (κ2) is 5.22. The first-order valence-electron chi connectivity index (χ1n) is 4.76. The molecule has 0 spiro atoms. The summed E-state index contributed by atoms with van der Waals surface area (Å²) in [6.07, 6.45) is 0. The molecule has 0 saturated heterocycles. The highest BCUT2D eigenvalue weighted by Crippen LogP contribution is 2.32. The molecule has 0 aliphatic rings. The Bertz CT molecular complexity index is 530. The molecule has 6 heteroatoms. The molecule has 17 heavy (non-hydrogen) atoms. The Kier molecular flexibility index (Phi) is 3.88. The molecule has 0 fully saturated rings. The molecule has 90 valence electrons. The van der Waals surface area contributed by atoms with E-state index < -0.39 is 17.7 Å². The molecule has 0 bridgehead atoms. The summed E-state index contributed by atoms with van der Waals surface area (Å²) in [7, 11) is 0. The Morgan fingerprint density at radius 2 is 2.00 bits per heavy atom. The summed E-state index contributed by atoms with van der Waals surface area (Å²) in [5.74, 6) is 4.44. The van der Waals surface area contributed by atoms with Gasteiger partial charge in [0.1, 0.15) is 11.6 Å². The standard InChI is InChI=1S/C11H9BrF2N2S/c12-9-5-17-4-8(9)11(16-15)7-3-6(13)1-2-10(7)14/h1-5,11,16H,15H2. The molecule has 0 radical (unpaired) electrons. The number of thiophene rings is 1. The van der Waals surface area contributed by atoms with Crippen molar-refractivity contribution in [3.63, 3.8) is 0 Å². The summed E-state index contributed by atoms with van der Waals surface area (Å²) in [6.45, 7) is 0. The van der Waals surface area contributed by atoms with E-state index >= 15 is 0 Å². The van der Waals surface area contributed by atoms with Crippen molar-refractivity contribution in [2.45, 2.75) is 6.04 Å². The van der Waals surface area contributed by atoms with Crippen LogP contribution in [-0.4, -0.2) is 0 Å². The fraction of sp³-hybridized carbons (Fsp3) is 0.0909. The van der Waals surface area contributed by atoms with E-state index in [2.05, 4.69) is 21.4 Å². The SMILES string of the molecule is NNC(c1cc(F)ccc1F)c1cscc1Br. The number of rotatable bonds is 3. The Labute approximate surface area is 110 Å². The van der Waals surface area contributed by atoms with Gasteiger partial charge >= 0.3 is 0 Å². The summed E-state index contributed by atoms with van der Waals surface area (Å²) in [5, 5.41) is 3.69. The van der Waals surface area contributed by atoms with E-state index in [1.54, 1.807) is 0 Å². The predicted molar refractivity (Wildman–Crippen MR) is 67.5 cm³/mol. The summed E-state index contributed by atoms with van der Waals surface area (Å²) >= 11 is 4.80. The zero-order chi connectivity index (χ0) is 12.4. The molecule has 0 saturated carbocycles. The Morgan fingerprint density at radius 1 is 1.24 bits per heavy atom. The quantitative estimate of drug-likeness (QED) is 0.673. The molecule has 1 aromatic heterocycles. The van der Waals surface area contributed by atoms with Crippen LogP contribution < -0.4 is 11.3 Å². The molecule has 3 N–H and O–H groups in total. The van der Waals surface area contributed by atoms with Crippen LogP contribution in [0.1, 0.15) is 17.2 Å². The highest BCUT2D eigenvalue weighted by Gasteiger charge is 2.20. The zero-order valence-electron chi connectivity index (χ0n) is 8.58. The van der Waals surface area contributed by atoms with E-state index in [4.69, 9.17) is 5.84 Å². The van der Waals surface area contributed by atoms with Gasteiger partial charge in [0, 0.05) is 15.4 Å². The second-order valence-electron chi connectivity index (χ2n) is 3.44. The maximum atomic E-state index is 13.7. The minimum atomic E-state index is -0.577. The number of hydrazine groups is 1. The van der Waals surface area contributed by atoms with Crippen LogP contribution in [0.2, 0.25) is 0 Å². The van der Waals surface area contributed by atoms with Gasteiger partial charge in [-0.2, -0.15) is 11.3 Å². The van der Waals surface area contributed by atoms with E-state index in [1.807, 2.05) is 10.8 Å². The lowest BCUT2D eigenvalue weighted by molar-refractivity contribution is 0.545. The largest absolute Gasteiger partial charge is 0.271 e. The van der Waals surface area contributed by atoms with E-state index in [-0.39, 0.29) is 5.56 Å². The Hall–Kier alpha value is -0.820. The monoisotopic (exact) mass is 318 g/mol. The fourth-order valence-electron chi connectivity index (χ4n) is 1.58. The number of nitrogens with one attached hydrogen (secondary N) is 1. The average Bonchev–Trinajstić information content (AvgIpc) is 2.71. The zero-order valence-corrected chi connectivity index (χ0v) is 11.0. The van der Waals surface area contributed by atoms with Crippen LogP contribution in [0, 0.1) is 11.6 Å². The molecule has 0 amide bonds. The van der Waals surface area contributed by atoms with Crippen LogP contribution in [-0.2, 0) is 0 Å². The highest BCUT2D eigenvalue weighted by molar-refractivity contribution is 9.10. The van der Waals surface area contributed by atoms with Gasteiger partial charge in [-0.25, -0.2) is 14.2 Å². The van der Waals surface area contributed by atoms with Gasteiger partial charge in [-0.3, -0.25) is 5.84 Å². The normalized spacial score (nSPS) is 12.7. The minimum Gasteiger partial charge on any atom is -0.271 e. The van der Waals surface area contributed by atoms with Gasteiger partial charge in [0.05, 0.1) is 6.04 Å². The first-order chi connectivity index (χ1) is 8.13. The lowest BCUT2D eigenvalue weighted by atomic mass is 10.0. The van der Waals surface area contributed by atoms with Crippen LogP contribution >= 0.6 is 27.3 Å². The van der Waals surface area contributed by atoms with Gasteiger partial charge < -0.3 is 0 Å². The number of hydrogen-bond acceptors (Lipinski definition) is 3. The number of nitrogens with two attached hydrogens (primary N) is 1. The van der Waals surface area contributed by atoms with Crippen molar-refractivity contribution in [1.29, 1.82) is 0 Å². The molecular weight excluding hydrogens is 310 g/mol. The highest BCUT2D eigenvalue weighted by atomic mass is 79.9. The van der Waals surface area contributed by atoms with Crippen molar-refractivity contribution in [2.24, 2.45) is 5.84 Å². The molecule has 1 atom stereocenters. The van der Waals surface area contributed by atoms with Crippen molar-refractivity contribution in [3.05, 3.63) is 56.2 Å². The van der Waals surface area contributed by atoms with Crippen LogP contribution in [0.15, 0.2) is 33.4 Å².